The van der Waals surface area contributed by atoms with E-state index in [0.717, 1.165) is 13.2 Å². The van der Waals surface area contributed by atoms with Gasteiger partial charge in [0.2, 0.25) is 0 Å². The largest absolute Gasteiger partial charge is 0.465 e. The van der Waals surface area contributed by atoms with Crippen LogP contribution in [0.4, 0.5) is 15.8 Å². The minimum atomic E-state index is -0.890. The first-order chi connectivity index (χ1) is 9.43. The van der Waals surface area contributed by atoms with Crippen molar-refractivity contribution in [2.45, 2.75) is 6.92 Å². The molecule has 1 aromatic rings. The number of benzene rings is 1. The topological polar surface area (TPSA) is 90.7 Å². The van der Waals surface area contributed by atoms with Gasteiger partial charge in [-0.25, -0.2) is 9.18 Å². The molecule has 0 heterocycles. The van der Waals surface area contributed by atoms with Crippen LogP contribution in [0.3, 0.4) is 0 Å². The number of rotatable bonds is 6. The second-order valence-corrected chi connectivity index (χ2v) is 3.92. The predicted octanol–water partition coefficient (Wildman–Crippen LogP) is 1.89. The van der Waals surface area contributed by atoms with Crippen molar-refractivity contribution in [3.05, 3.63) is 33.1 Å². The fraction of sp³-hybridized carbons (Fsp3) is 0.417. The van der Waals surface area contributed by atoms with Crippen LogP contribution in [0.15, 0.2) is 6.07 Å². The first-order valence-corrected chi connectivity index (χ1v) is 5.72. The van der Waals surface area contributed by atoms with Gasteiger partial charge in [-0.2, -0.15) is 0 Å². The Morgan fingerprint density at radius 2 is 2.15 bits per heavy atom. The van der Waals surface area contributed by atoms with E-state index in [1.807, 2.05) is 0 Å². The number of hydrogen-bond acceptors (Lipinski definition) is 6. The van der Waals surface area contributed by atoms with Gasteiger partial charge in [-0.05, 0) is 13.0 Å². The van der Waals surface area contributed by atoms with Gasteiger partial charge >= 0.3 is 5.97 Å². The minimum Gasteiger partial charge on any atom is -0.465 e. The zero-order valence-corrected chi connectivity index (χ0v) is 11.4. The number of esters is 1. The molecule has 0 saturated carbocycles. The molecule has 0 amide bonds. The van der Waals surface area contributed by atoms with Crippen LogP contribution in [-0.4, -0.2) is 38.3 Å². The third-order valence-electron chi connectivity index (χ3n) is 2.70. The van der Waals surface area contributed by atoms with Gasteiger partial charge in [0.25, 0.3) is 5.69 Å². The molecule has 110 valence electrons. The fourth-order valence-electron chi connectivity index (χ4n) is 1.73. The maximum absolute atomic E-state index is 14.0. The van der Waals surface area contributed by atoms with Crippen LogP contribution < -0.4 is 5.32 Å². The molecule has 0 aliphatic carbocycles. The molecule has 1 rings (SSSR count). The van der Waals surface area contributed by atoms with Crippen molar-refractivity contribution >= 4 is 17.3 Å². The highest BCUT2D eigenvalue weighted by atomic mass is 19.1. The van der Waals surface area contributed by atoms with Crippen LogP contribution in [0.5, 0.6) is 0 Å². The molecule has 0 aromatic heterocycles. The van der Waals surface area contributed by atoms with Gasteiger partial charge in [0.15, 0.2) is 5.82 Å². The zero-order chi connectivity index (χ0) is 15.3. The normalized spacial score (nSPS) is 10.2. The summed E-state index contributed by atoms with van der Waals surface area (Å²) in [7, 11) is 2.58. The van der Waals surface area contributed by atoms with E-state index in [1.54, 1.807) is 0 Å². The van der Waals surface area contributed by atoms with Crippen molar-refractivity contribution in [3.63, 3.8) is 0 Å². The molecule has 0 aliphatic rings. The van der Waals surface area contributed by atoms with Gasteiger partial charge < -0.3 is 14.8 Å². The number of ether oxygens (including phenoxy) is 2. The Hall–Kier alpha value is -2.22. The molecule has 8 heteroatoms. The number of carbonyl (C=O) groups is 1. The summed E-state index contributed by atoms with van der Waals surface area (Å²) in [6, 6.07) is 0.920. The van der Waals surface area contributed by atoms with E-state index in [4.69, 9.17) is 4.74 Å². The molecule has 0 saturated heterocycles. The maximum atomic E-state index is 14.0. The van der Waals surface area contributed by atoms with E-state index in [2.05, 4.69) is 10.1 Å². The summed E-state index contributed by atoms with van der Waals surface area (Å²) in [6.45, 7) is 1.82. The number of nitrogens with zero attached hydrogens (tertiary/aromatic N) is 1. The number of halogens is 1. The minimum absolute atomic E-state index is 0.0446. The molecule has 0 unspecified atom stereocenters. The quantitative estimate of drug-likeness (QED) is 0.371. The number of nitro groups is 1. The van der Waals surface area contributed by atoms with Gasteiger partial charge in [-0.15, -0.1) is 0 Å². The van der Waals surface area contributed by atoms with E-state index >= 15 is 0 Å². The van der Waals surface area contributed by atoms with Crippen LogP contribution in [0.1, 0.15) is 15.9 Å². The Labute approximate surface area is 114 Å². The molecule has 0 atom stereocenters. The first-order valence-electron chi connectivity index (χ1n) is 5.72. The molecule has 1 N–H and O–H groups in total. The third-order valence-corrected chi connectivity index (χ3v) is 2.70. The second-order valence-electron chi connectivity index (χ2n) is 3.92. The Morgan fingerprint density at radius 3 is 2.65 bits per heavy atom. The summed E-state index contributed by atoms with van der Waals surface area (Å²) >= 11 is 0. The molecule has 0 radical (unpaired) electrons. The van der Waals surface area contributed by atoms with E-state index in [-0.39, 0.29) is 30.0 Å². The molecule has 0 bridgehead atoms. The average Bonchev–Trinajstić information content (AvgIpc) is 2.41. The van der Waals surface area contributed by atoms with Crippen molar-refractivity contribution in [2.24, 2.45) is 0 Å². The highest BCUT2D eigenvalue weighted by Gasteiger charge is 2.27. The standard InChI is InChI=1S/C12H15FN2O5/c1-7-8(12(16)20-3)6-9(13)10(11(7)15(17)18)14-4-5-19-2/h6,14H,4-5H2,1-3H3. The maximum Gasteiger partial charge on any atom is 0.338 e. The number of anilines is 1. The van der Waals surface area contributed by atoms with Crippen LogP contribution in [0, 0.1) is 22.9 Å². The van der Waals surface area contributed by atoms with Gasteiger partial charge in [0.05, 0.1) is 24.2 Å². The summed E-state index contributed by atoms with van der Waals surface area (Å²) in [4.78, 5) is 21.9. The smallest absolute Gasteiger partial charge is 0.338 e. The van der Waals surface area contributed by atoms with E-state index in [1.165, 1.54) is 14.0 Å². The zero-order valence-electron chi connectivity index (χ0n) is 11.4. The fourth-order valence-corrected chi connectivity index (χ4v) is 1.73. The Morgan fingerprint density at radius 1 is 1.50 bits per heavy atom. The van der Waals surface area contributed by atoms with Gasteiger partial charge in [-0.3, -0.25) is 10.1 Å². The Kier molecular flexibility index (Phi) is 5.39. The van der Waals surface area contributed by atoms with E-state index in [0.29, 0.717) is 0 Å². The number of carbonyl (C=O) groups excluding carboxylic acids is 1. The van der Waals surface area contributed by atoms with E-state index < -0.39 is 22.4 Å². The van der Waals surface area contributed by atoms with E-state index in [9.17, 15) is 19.3 Å². The number of methoxy groups -OCH3 is 2. The van der Waals surface area contributed by atoms with Crippen LogP contribution >= 0.6 is 0 Å². The third kappa shape index (κ3) is 3.21. The first kappa shape index (κ1) is 15.8. The molecule has 0 fully saturated rings. The molecular formula is C12H15FN2O5. The lowest BCUT2D eigenvalue weighted by atomic mass is 10.0. The number of nitro benzene ring substituents is 1. The second kappa shape index (κ2) is 6.80. The molecular weight excluding hydrogens is 271 g/mol. The monoisotopic (exact) mass is 286 g/mol. The Bertz CT molecular complexity index is 533. The highest BCUT2D eigenvalue weighted by Crippen LogP contribution is 2.33. The molecule has 20 heavy (non-hydrogen) atoms. The molecule has 0 spiro atoms. The molecule has 7 nitrogen and oxygen atoms in total. The van der Waals surface area contributed by atoms with Crippen molar-refractivity contribution < 1.29 is 23.6 Å². The summed E-state index contributed by atoms with van der Waals surface area (Å²) in [5, 5.41) is 13.7. The highest BCUT2D eigenvalue weighted by molar-refractivity contribution is 5.93. The molecule has 1 aromatic carbocycles. The lowest BCUT2D eigenvalue weighted by molar-refractivity contribution is -0.384. The molecule has 0 aliphatic heterocycles. The summed E-state index contributed by atoms with van der Waals surface area (Å²) < 4.78 is 23.2. The van der Waals surface area contributed by atoms with Crippen molar-refractivity contribution in [1.29, 1.82) is 0 Å². The van der Waals surface area contributed by atoms with Crippen molar-refractivity contribution in [1.82, 2.24) is 0 Å². The van der Waals surface area contributed by atoms with Crippen molar-refractivity contribution in [3.8, 4) is 0 Å². The summed E-state index contributed by atoms with van der Waals surface area (Å²) in [5.74, 6) is -1.72. The average molecular weight is 286 g/mol. The summed E-state index contributed by atoms with van der Waals surface area (Å²) in [5.41, 5.74) is -0.879. The van der Waals surface area contributed by atoms with Crippen molar-refractivity contribution in [2.75, 3.05) is 32.7 Å². The summed E-state index contributed by atoms with van der Waals surface area (Å²) in [6.07, 6.45) is 0. The SMILES string of the molecule is COCCNc1c(F)cc(C(=O)OC)c(C)c1[N+](=O)[O-]. The number of nitrogens with one attached hydrogen (secondary N) is 1. The lowest BCUT2D eigenvalue weighted by Crippen LogP contribution is -2.14. The van der Waals surface area contributed by atoms with Crippen LogP contribution in [-0.2, 0) is 9.47 Å². The van der Waals surface area contributed by atoms with Gasteiger partial charge in [-0.1, -0.05) is 0 Å². The Balaban J connectivity index is 3.34. The van der Waals surface area contributed by atoms with Crippen LogP contribution in [0.2, 0.25) is 0 Å². The van der Waals surface area contributed by atoms with Gasteiger partial charge in [0, 0.05) is 19.2 Å². The predicted molar refractivity (Wildman–Crippen MR) is 69.5 cm³/mol. The van der Waals surface area contributed by atoms with Gasteiger partial charge in [0.1, 0.15) is 5.69 Å². The number of hydrogen-bond donors (Lipinski definition) is 1. The van der Waals surface area contributed by atoms with Crippen LogP contribution in [0.25, 0.3) is 0 Å². The lowest BCUT2D eigenvalue weighted by Gasteiger charge is -2.12.